The molecule has 11 heteroatoms. The molecule has 3 atom stereocenters. The van der Waals surface area contributed by atoms with Gasteiger partial charge in [-0.15, -0.1) is 0 Å². The number of aliphatic hydroxyl groups is 2. The van der Waals surface area contributed by atoms with Gasteiger partial charge in [-0.3, -0.25) is 14.4 Å². The number of esters is 2. The van der Waals surface area contributed by atoms with Crippen LogP contribution in [-0.4, -0.2) is 84.0 Å². The monoisotopic (exact) mass is 534 g/mol. The van der Waals surface area contributed by atoms with Crippen molar-refractivity contribution in [1.82, 2.24) is 10.6 Å². The maximum absolute atomic E-state index is 12.4. The summed E-state index contributed by atoms with van der Waals surface area (Å²) in [7, 11) is 1.13. The number of rotatable bonds is 22. The molecule has 0 spiro atoms. The minimum absolute atomic E-state index is 0.0469. The van der Waals surface area contributed by atoms with Crippen LogP contribution in [-0.2, 0) is 28.7 Å². The van der Waals surface area contributed by atoms with Crippen LogP contribution in [0, 0.1) is 0 Å². The molecule has 0 unspecified atom stereocenters. The molecule has 0 aliphatic heterocycles. The van der Waals surface area contributed by atoms with Crippen molar-refractivity contribution in [2.45, 2.75) is 103 Å². The maximum atomic E-state index is 12.4. The molecule has 0 aromatic carbocycles. The summed E-state index contributed by atoms with van der Waals surface area (Å²) in [5.41, 5.74) is 0. The summed E-state index contributed by atoms with van der Waals surface area (Å²) in [6.45, 7) is 2.93. The molecule has 0 aliphatic carbocycles. The average Bonchev–Trinajstić information content (AvgIpc) is 2.84. The highest BCUT2D eigenvalue weighted by Gasteiger charge is 2.26. The zero-order chi connectivity index (χ0) is 27.2. The molecule has 10 nitrogen and oxygen atoms in total. The molecule has 0 saturated carbocycles. The van der Waals surface area contributed by atoms with Crippen LogP contribution in [0.1, 0.15) is 84.5 Å². The zero-order valence-electron chi connectivity index (χ0n) is 22.1. The summed E-state index contributed by atoms with van der Waals surface area (Å²) in [5, 5.41) is 24.1. The van der Waals surface area contributed by atoms with Gasteiger partial charge in [0.05, 0.1) is 26.2 Å². The quantitative estimate of drug-likeness (QED) is 0.121. The Morgan fingerprint density at radius 2 is 1.53 bits per heavy atom. The third-order valence-corrected chi connectivity index (χ3v) is 6.52. The van der Waals surface area contributed by atoms with E-state index in [0.29, 0.717) is 12.2 Å². The van der Waals surface area contributed by atoms with E-state index in [1.807, 2.05) is 0 Å². The van der Waals surface area contributed by atoms with Gasteiger partial charge in [-0.05, 0) is 6.42 Å². The largest absolute Gasteiger partial charge is 0.467 e. The Kier molecular flexibility index (Phi) is 21.2. The fourth-order valence-corrected chi connectivity index (χ4v) is 4.32. The van der Waals surface area contributed by atoms with Crippen LogP contribution in [0.15, 0.2) is 0 Å². The topological polar surface area (TPSA) is 151 Å². The SMILES string of the molecule is CCCCCCCCCCC[C@@H](O)CC(=O)OCCSC[C@H](NC(C)=O)C(=O)N[C@@H](CO)C(=O)OC. The predicted octanol–water partition coefficient (Wildman–Crippen LogP) is 2.09. The Balaban J connectivity index is 4.07. The normalized spacial score (nSPS) is 13.4. The van der Waals surface area contributed by atoms with Crippen molar-refractivity contribution in [1.29, 1.82) is 0 Å². The molecule has 0 saturated heterocycles. The first kappa shape index (κ1) is 34.1. The number of methoxy groups -OCH3 is 1. The first-order valence-electron chi connectivity index (χ1n) is 12.9. The molecule has 210 valence electrons. The molecule has 0 aromatic rings. The molecule has 0 bridgehead atoms. The Morgan fingerprint density at radius 1 is 0.917 bits per heavy atom. The van der Waals surface area contributed by atoms with Crippen LogP contribution in [0.2, 0.25) is 0 Å². The van der Waals surface area contributed by atoms with Crippen molar-refractivity contribution in [2.24, 2.45) is 0 Å². The number of thioether (sulfide) groups is 1. The van der Waals surface area contributed by atoms with Gasteiger partial charge in [0.2, 0.25) is 11.8 Å². The number of nitrogens with one attached hydrogen (secondary N) is 2. The standard InChI is InChI=1S/C25H46N2O8S/c1-4-5-6-7-8-9-10-11-12-13-20(30)16-23(31)35-14-15-36-18-22(26-19(2)29)24(32)27-21(17-28)25(33)34-3/h20-22,28,30H,4-18H2,1-3H3,(H,26,29)(H,27,32)/t20-,21+,22+/m1/s1. The summed E-state index contributed by atoms with van der Waals surface area (Å²) in [6.07, 6.45) is 10.6. The highest BCUT2D eigenvalue weighted by molar-refractivity contribution is 7.99. The van der Waals surface area contributed by atoms with Crippen molar-refractivity contribution >= 4 is 35.5 Å². The maximum Gasteiger partial charge on any atom is 0.330 e. The summed E-state index contributed by atoms with van der Waals surface area (Å²) in [6, 6.07) is -2.17. The van der Waals surface area contributed by atoms with Crippen molar-refractivity contribution in [2.75, 3.05) is 31.8 Å². The molecule has 0 aliphatic rings. The number of amides is 2. The molecule has 4 N–H and O–H groups in total. The van der Waals surface area contributed by atoms with Gasteiger partial charge >= 0.3 is 11.9 Å². The second-order valence-electron chi connectivity index (χ2n) is 8.79. The van der Waals surface area contributed by atoms with E-state index in [1.165, 1.54) is 57.2 Å². The Labute approximate surface area is 219 Å². The van der Waals surface area contributed by atoms with Gasteiger partial charge in [-0.1, -0.05) is 64.7 Å². The van der Waals surface area contributed by atoms with Crippen LogP contribution in [0.5, 0.6) is 0 Å². The fraction of sp³-hybridized carbons (Fsp3) is 0.840. The van der Waals surface area contributed by atoms with Crippen LogP contribution < -0.4 is 10.6 Å². The summed E-state index contributed by atoms with van der Waals surface area (Å²) in [5.74, 6) is -1.79. The van der Waals surface area contributed by atoms with E-state index in [0.717, 1.165) is 26.4 Å². The fourth-order valence-electron chi connectivity index (χ4n) is 3.48. The van der Waals surface area contributed by atoms with Crippen molar-refractivity contribution < 1.29 is 38.9 Å². The average molecular weight is 535 g/mol. The van der Waals surface area contributed by atoms with Crippen molar-refractivity contribution in [3.8, 4) is 0 Å². The second kappa shape index (κ2) is 22.4. The van der Waals surface area contributed by atoms with Crippen LogP contribution in [0.25, 0.3) is 0 Å². The van der Waals surface area contributed by atoms with Gasteiger partial charge in [0.25, 0.3) is 0 Å². The van der Waals surface area contributed by atoms with Gasteiger partial charge in [-0.2, -0.15) is 11.8 Å². The smallest absolute Gasteiger partial charge is 0.330 e. The van der Waals surface area contributed by atoms with E-state index >= 15 is 0 Å². The molecule has 0 rings (SSSR count). The van der Waals surface area contributed by atoms with Crippen LogP contribution in [0.4, 0.5) is 0 Å². The zero-order valence-corrected chi connectivity index (χ0v) is 22.9. The van der Waals surface area contributed by atoms with Crippen LogP contribution in [0.3, 0.4) is 0 Å². The molecule has 0 fully saturated rings. The first-order valence-corrected chi connectivity index (χ1v) is 14.1. The lowest BCUT2D eigenvalue weighted by molar-refractivity contribution is -0.146. The molecular weight excluding hydrogens is 488 g/mol. The number of carbonyl (C=O) groups is 4. The Bertz CT molecular complexity index is 635. The van der Waals surface area contributed by atoms with E-state index in [4.69, 9.17) is 4.74 Å². The lowest BCUT2D eigenvalue weighted by atomic mass is 10.0. The van der Waals surface area contributed by atoms with E-state index in [9.17, 15) is 29.4 Å². The number of unbranched alkanes of at least 4 members (excludes halogenated alkanes) is 8. The summed E-state index contributed by atoms with van der Waals surface area (Å²) < 4.78 is 9.66. The van der Waals surface area contributed by atoms with Gasteiger partial charge in [0.15, 0.2) is 6.04 Å². The molecule has 0 radical (unpaired) electrons. The van der Waals surface area contributed by atoms with Gasteiger partial charge in [0, 0.05) is 18.4 Å². The van der Waals surface area contributed by atoms with Gasteiger partial charge < -0.3 is 30.3 Å². The summed E-state index contributed by atoms with van der Waals surface area (Å²) >= 11 is 1.27. The number of carbonyl (C=O) groups excluding carboxylic acids is 4. The number of ether oxygens (including phenoxy) is 2. The molecule has 2 amide bonds. The highest BCUT2D eigenvalue weighted by atomic mass is 32.2. The minimum atomic E-state index is -1.23. The molecule has 36 heavy (non-hydrogen) atoms. The van der Waals surface area contributed by atoms with Gasteiger partial charge in [-0.25, -0.2) is 4.79 Å². The number of hydrogen-bond acceptors (Lipinski definition) is 9. The third kappa shape index (κ3) is 18.4. The number of hydrogen-bond donors (Lipinski definition) is 4. The number of aliphatic hydroxyl groups excluding tert-OH is 2. The van der Waals surface area contributed by atoms with Gasteiger partial charge in [0.1, 0.15) is 12.6 Å². The summed E-state index contributed by atoms with van der Waals surface area (Å²) in [4.78, 5) is 47.3. The lowest BCUT2D eigenvalue weighted by Crippen LogP contribution is -2.53. The Morgan fingerprint density at radius 3 is 2.08 bits per heavy atom. The lowest BCUT2D eigenvalue weighted by Gasteiger charge is -2.20. The van der Waals surface area contributed by atoms with E-state index < -0.39 is 48.5 Å². The first-order chi connectivity index (χ1) is 17.2. The molecule has 0 heterocycles. The molecule has 0 aromatic heterocycles. The Hall–Kier alpha value is -1.85. The predicted molar refractivity (Wildman–Crippen MR) is 139 cm³/mol. The minimum Gasteiger partial charge on any atom is -0.467 e. The van der Waals surface area contributed by atoms with E-state index in [1.54, 1.807) is 0 Å². The van der Waals surface area contributed by atoms with Crippen molar-refractivity contribution in [3.05, 3.63) is 0 Å². The molecular formula is C25H46N2O8S. The second-order valence-corrected chi connectivity index (χ2v) is 9.94. The van der Waals surface area contributed by atoms with Crippen molar-refractivity contribution in [3.63, 3.8) is 0 Å². The highest BCUT2D eigenvalue weighted by Crippen LogP contribution is 2.13. The van der Waals surface area contributed by atoms with E-state index in [2.05, 4.69) is 22.3 Å². The third-order valence-electron chi connectivity index (χ3n) is 5.50. The van der Waals surface area contributed by atoms with Crippen LogP contribution >= 0.6 is 11.8 Å². The van der Waals surface area contributed by atoms with E-state index in [-0.39, 0.29) is 18.8 Å².